The molecule has 2 rings (SSSR count). The van der Waals surface area contributed by atoms with Gasteiger partial charge in [0, 0.05) is 12.1 Å². The summed E-state index contributed by atoms with van der Waals surface area (Å²) >= 11 is 0. The number of anilines is 2. The van der Waals surface area contributed by atoms with Gasteiger partial charge in [-0.25, -0.2) is 4.39 Å². The average Bonchev–Trinajstić information content (AvgIpc) is 2.40. The van der Waals surface area contributed by atoms with Gasteiger partial charge >= 0.3 is 0 Å². The summed E-state index contributed by atoms with van der Waals surface area (Å²) in [7, 11) is 0. The van der Waals surface area contributed by atoms with Gasteiger partial charge in [0.1, 0.15) is 5.82 Å². The van der Waals surface area contributed by atoms with Gasteiger partial charge in [-0.2, -0.15) is 0 Å². The van der Waals surface area contributed by atoms with Crippen LogP contribution >= 0.6 is 0 Å². The van der Waals surface area contributed by atoms with Crippen LogP contribution in [0.15, 0.2) is 42.5 Å². The molecule has 0 aromatic heterocycles. The zero-order chi connectivity index (χ0) is 14.5. The minimum Gasteiger partial charge on any atom is -0.399 e. The molecule has 1 amide bonds. The number of benzene rings is 2. The maximum atomic E-state index is 13.6. The lowest BCUT2D eigenvalue weighted by molar-refractivity contribution is -0.116. The topological polar surface area (TPSA) is 55.1 Å². The lowest BCUT2D eigenvalue weighted by Crippen LogP contribution is -2.13. The molecular weight excluding hydrogens is 255 g/mol. The minimum absolute atomic E-state index is 0.213. The van der Waals surface area contributed by atoms with E-state index in [1.54, 1.807) is 25.1 Å². The second-order valence-corrected chi connectivity index (χ2v) is 4.78. The summed E-state index contributed by atoms with van der Waals surface area (Å²) in [4.78, 5) is 11.8. The number of carbonyl (C=O) groups excluding carboxylic acids is 1. The maximum Gasteiger partial charge on any atom is 0.224 e. The molecule has 0 unspecified atom stereocenters. The molecule has 0 radical (unpaired) electrons. The zero-order valence-corrected chi connectivity index (χ0v) is 11.3. The van der Waals surface area contributed by atoms with Crippen molar-refractivity contribution in [2.45, 2.75) is 19.8 Å². The Balaban J connectivity index is 1.92. The standard InChI is InChI=1S/C16H17FN2O/c1-11-5-7-15(14(17)9-11)19-16(20)8-6-12-3-2-4-13(18)10-12/h2-5,7,9-10H,6,8,18H2,1H3,(H,19,20). The number of amides is 1. The summed E-state index contributed by atoms with van der Waals surface area (Å²) in [6.45, 7) is 1.80. The number of rotatable bonds is 4. The van der Waals surface area contributed by atoms with Crippen LogP contribution in [0.4, 0.5) is 15.8 Å². The van der Waals surface area contributed by atoms with Crippen molar-refractivity contribution < 1.29 is 9.18 Å². The van der Waals surface area contributed by atoms with Gasteiger partial charge in [-0.3, -0.25) is 4.79 Å². The predicted molar refractivity (Wildman–Crippen MR) is 78.9 cm³/mol. The molecule has 104 valence electrons. The molecule has 2 aromatic rings. The Morgan fingerprint density at radius 2 is 2.05 bits per heavy atom. The van der Waals surface area contributed by atoms with Crippen molar-refractivity contribution in [3.63, 3.8) is 0 Å². The van der Waals surface area contributed by atoms with E-state index < -0.39 is 5.82 Å². The highest BCUT2D eigenvalue weighted by Gasteiger charge is 2.07. The number of nitrogens with one attached hydrogen (secondary N) is 1. The predicted octanol–water partition coefficient (Wildman–Crippen LogP) is 3.29. The van der Waals surface area contributed by atoms with Crippen molar-refractivity contribution in [2.24, 2.45) is 0 Å². The fourth-order valence-electron chi connectivity index (χ4n) is 1.94. The normalized spacial score (nSPS) is 10.3. The maximum absolute atomic E-state index is 13.6. The van der Waals surface area contributed by atoms with Gasteiger partial charge in [0.25, 0.3) is 0 Å². The molecule has 0 fully saturated rings. The van der Waals surface area contributed by atoms with Crippen molar-refractivity contribution in [2.75, 3.05) is 11.1 Å². The molecule has 0 heterocycles. The molecule has 3 nitrogen and oxygen atoms in total. The second-order valence-electron chi connectivity index (χ2n) is 4.78. The number of aryl methyl sites for hydroxylation is 2. The smallest absolute Gasteiger partial charge is 0.224 e. The van der Waals surface area contributed by atoms with Crippen LogP contribution in [0.25, 0.3) is 0 Å². The van der Waals surface area contributed by atoms with Gasteiger partial charge in [-0.15, -0.1) is 0 Å². The molecule has 0 saturated carbocycles. The lowest BCUT2D eigenvalue weighted by Gasteiger charge is -2.07. The van der Waals surface area contributed by atoms with Gasteiger partial charge in [0.2, 0.25) is 5.91 Å². The number of hydrogen-bond acceptors (Lipinski definition) is 2. The highest BCUT2D eigenvalue weighted by Crippen LogP contribution is 2.16. The summed E-state index contributed by atoms with van der Waals surface area (Å²) in [5, 5.41) is 2.58. The number of carbonyl (C=O) groups is 1. The van der Waals surface area contributed by atoms with Crippen LogP contribution in [-0.2, 0) is 11.2 Å². The molecule has 0 bridgehead atoms. The van der Waals surface area contributed by atoms with Gasteiger partial charge in [0.15, 0.2) is 0 Å². The summed E-state index contributed by atoms with van der Waals surface area (Å²) in [5.41, 5.74) is 8.37. The van der Waals surface area contributed by atoms with Crippen LogP contribution in [0.5, 0.6) is 0 Å². The molecule has 4 heteroatoms. The van der Waals surface area contributed by atoms with Gasteiger partial charge in [-0.1, -0.05) is 18.2 Å². The largest absolute Gasteiger partial charge is 0.399 e. The third-order valence-electron chi connectivity index (χ3n) is 2.99. The summed E-state index contributed by atoms with van der Waals surface area (Å²) < 4.78 is 13.6. The fourth-order valence-corrected chi connectivity index (χ4v) is 1.94. The number of halogens is 1. The Morgan fingerprint density at radius 3 is 2.75 bits per heavy atom. The molecular formula is C16H17FN2O. The number of hydrogen-bond donors (Lipinski definition) is 2. The third kappa shape index (κ3) is 3.82. The Kier molecular flexibility index (Phi) is 4.35. The van der Waals surface area contributed by atoms with E-state index >= 15 is 0 Å². The van der Waals surface area contributed by atoms with E-state index in [-0.39, 0.29) is 18.0 Å². The summed E-state index contributed by atoms with van der Waals surface area (Å²) in [6.07, 6.45) is 0.862. The molecule has 0 aliphatic rings. The molecule has 0 spiro atoms. The van der Waals surface area contributed by atoms with Crippen LogP contribution in [0.1, 0.15) is 17.5 Å². The Morgan fingerprint density at radius 1 is 1.25 bits per heavy atom. The zero-order valence-electron chi connectivity index (χ0n) is 11.3. The van der Waals surface area contributed by atoms with Crippen LogP contribution in [0.2, 0.25) is 0 Å². The third-order valence-corrected chi connectivity index (χ3v) is 2.99. The average molecular weight is 272 g/mol. The molecule has 2 aromatic carbocycles. The Labute approximate surface area is 117 Å². The molecule has 20 heavy (non-hydrogen) atoms. The van der Waals surface area contributed by atoms with Crippen LogP contribution in [0, 0.1) is 12.7 Å². The highest BCUT2D eigenvalue weighted by atomic mass is 19.1. The summed E-state index contributed by atoms with van der Waals surface area (Å²) in [6, 6.07) is 12.1. The van der Waals surface area contributed by atoms with Crippen molar-refractivity contribution in [1.29, 1.82) is 0 Å². The molecule has 3 N–H and O–H groups in total. The molecule has 0 saturated heterocycles. The van der Waals surface area contributed by atoms with E-state index in [0.29, 0.717) is 12.1 Å². The van der Waals surface area contributed by atoms with Crippen molar-refractivity contribution >= 4 is 17.3 Å². The monoisotopic (exact) mass is 272 g/mol. The fraction of sp³-hybridized carbons (Fsp3) is 0.188. The van der Waals surface area contributed by atoms with Crippen molar-refractivity contribution in [3.05, 3.63) is 59.4 Å². The van der Waals surface area contributed by atoms with Crippen LogP contribution < -0.4 is 11.1 Å². The van der Waals surface area contributed by atoms with E-state index in [9.17, 15) is 9.18 Å². The van der Waals surface area contributed by atoms with Crippen molar-refractivity contribution in [1.82, 2.24) is 0 Å². The molecule has 0 aliphatic heterocycles. The SMILES string of the molecule is Cc1ccc(NC(=O)CCc2cccc(N)c2)c(F)c1. The first kappa shape index (κ1) is 14.1. The molecule has 0 aliphatic carbocycles. The Bertz CT molecular complexity index is 626. The van der Waals surface area contributed by atoms with Crippen LogP contribution in [0.3, 0.4) is 0 Å². The highest BCUT2D eigenvalue weighted by molar-refractivity contribution is 5.91. The van der Waals surface area contributed by atoms with Gasteiger partial charge in [-0.05, 0) is 48.7 Å². The van der Waals surface area contributed by atoms with E-state index in [1.165, 1.54) is 6.07 Å². The Hall–Kier alpha value is -2.36. The molecule has 0 atom stereocenters. The first-order valence-electron chi connectivity index (χ1n) is 6.45. The quantitative estimate of drug-likeness (QED) is 0.839. The van der Waals surface area contributed by atoms with E-state index in [2.05, 4.69) is 5.32 Å². The number of nitrogen functional groups attached to an aromatic ring is 1. The van der Waals surface area contributed by atoms with Gasteiger partial charge in [0.05, 0.1) is 5.69 Å². The number of nitrogens with two attached hydrogens (primary N) is 1. The van der Waals surface area contributed by atoms with E-state index in [4.69, 9.17) is 5.73 Å². The van der Waals surface area contributed by atoms with E-state index in [0.717, 1.165) is 11.1 Å². The minimum atomic E-state index is -0.415. The second kappa shape index (κ2) is 6.19. The van der Waals surface area contributed by atoms with E-state index in [1.807, 2.05) is 18.2 Å². The van der Waals surface area contributed by atoms with Crippen LogP contribution in [-0.4, -0.2) is 5.91 Å². The first-order valence-corrected chi connectivity index (χ1v) is 6.45. The lowest BCUT2D eigenvalue weighted by atomic mass is 10.1. The van der Waals surface area contributed by atoms with Crippen molar-refractivity contribution in [3.8, 4) is 0 Å². The van der Waals surface area contributed by atoms with Gasteiger partial charge < -0.3 is 11.1 Å². The summed E-state index contributed by atoms with van der Waals surface area (Å²) in [5.74, 6) is -0.627. The first-order chi connectivity index (χ1) is 9.54.